The molecule has 0 aromatic heterocycles. The monoisotopic (exact) mass is 263 g/mol. The van der Waals surface area contributed by atoms with Crippen molar-refractivity contribution in [1.82, 2.24) is 5.32 Å². The number of ether oxygens (including phenoxy) is 1. The molecule has 2 nitrogen and oxygen atoms in total. The molecule has 0 aliphatic heterocycles. The molecule has 0 saturated carbocycles. The molecule has 0 spiro atoms. The second-order valence-corrected chi connectivity index (χ2v) is 6.20. The molecule has 0 bridgehead atoms. The third-order valence-electron chi connectivity index (χ3n) is 3.70. The molecule has 0 fully saturated rings. The first-order valence-corrected chi connectivity index (χ1v) is 7.26. The van der Waals surface area contributed by atoms with Gasteiger partial charge in [0.25, 0.3) is 0 Å². The predicted molar refractivity (Wildman–Crippen MR) is 82.6 cm³/mol. The molecule has 2 unspecified atom stereocenters. The van der Waals surface area contributed by atoms with Crippen molar-refractivity contribution in [3.63, 3.8) is 0 Å². The fraction of sp³-hybridized carbons (Fsp3) is 0.647. The molecule has 1 aromatic rings. The molecule has 19 heavy (non-hydrogen) atoms. The van der Waals surface area contributed by atoms with Crippen LogP contribution in [0.4, 0.5) is 0 Å². The van der Waals surface area contributed by atoms with Crippen LogP contribution in [0.2, 0.25) is 0 Å². The molecule has 108 valence electrons. The molecule has 0 heterocycles. The highest BCUT2D eigenvalue weighted by Crippen LogP contribution is 2.28. The molecular formula is C17H29NO. The zero-order valence-electron chi connectivity index (χ0n) is 13.1. The van der Waals surface area contributed by atoms with Gasteiger partial charge in [0.15, 0.2) is 0 Å². The van der Waals surface area contributed by atoms with Gasteiger partial charge in [0, 0.05) is 25.8 Å². The molecule has 0 radical (unpaired) electrons. The quantitative estimate of drug-likeness (QED) is 0.771. The Morgan fingerprint density at radius 1 is 1.11 bits per heavy atom. The first-order chi connectivity index (χ1) is 8.95. The van der Waals surface area contributed by atoms with E-state index in [-0.39, 0.29) is 5.41 Å². The van der Waals surface area contributed by atoms with Crippen LogP contribution in [0.3, 0.4) is 0 Å². The molecule has 0 aliphatic carbocycles. The topological polar surface area (TPSA) is 21.3 Å². The predicted octanol–water partition coefficient (Wildman–Crippen LogP) is 3.76. The van der Waals surface area contributed by atoms with Crippen molar-refractivity contribution in [1.29, 1.82) is 0 Å². The Bertz CT molecular complexity index is 348. The first-order valence-electron chi connectivity index (χ1n) is 7.26. The maximum Gasteiger partial charge on any atom is 0.0476 e. The van der Waals surface area contributed by atoms with Gasteiger partial charge < -0.3 is 10.1 Å². The molecular weight excluding hydrogens is 234 g/mol. The number of methoxy groups -OCH3 is 1. The number of hydrogen-bond donors (Lipinski definition) is 1. The van der Waals surface area contributed by atoms with Crippen LogP contribution >= 0.6 is 0 Å². The van der Waals surface area contributed by atoms with Crippen LogP contribution in [0.15, 0.2) is 30.3 Å². The lowest BCUT2D eigenvalue weighted by atomic mass is 9.79. The highest BCUT2D eigenvalue weighted by molar-refractivity contribution is 5.23. The van der Waals surface area contributed by atoms with Crippen LogP contribution in [0.1, 0.15) is 46.1 Å². The first kappa shape index (κ1) is 16.2. The molecule has 0 amide bonds. The third-order valence-corrected chi connectivity index (χ3v) is 3.70. The number of nitrogens with one attached hydrogen (secondary N) is 1. The summed E-state index contributed by atoms with van der Waals surface area (Å²) in [5, 5.41) is 3.66. The van der Waals surface area contributed by atoms with Gasteiger partial charge in [-0.2, -0.15) is 0 Å². The van der Waals surface area contributed by atoms with Crippen LogP contribution in [-0.2, 0) is 10.2 Å². The fourth-order valence-electron chi connectivity index (χ4n) is 2.70. The summed E-state index contributed by atoms with van der Waals surface area (Å²) in [5.41, 5.74) is 1.61. The number of rotatable bonds is 8. The van der Waals surface area contributed by atoms with E-state index in [9.17, 15) is 0 Å². The second kappa shape index (κ2) is 7.66. The Labute approximate surface area is 118 Å². The van der Waals surface area contributed by atoms with Gasteiger partial charge in [0.2, 0.25) is 0 Å². The molecule has 2 heteroatoms. The average molecular weight is 263 g/mol. The van der Waals surface area contributed by atoms with E-state index >= 15 is 0 Å². The van der Waals surface area contributed by atoms with Crippen LogP contribution < -0.4 is 5.32 Å². The van der Waals surface area contributed by atoms with Crippen LogP contribution in [0.5, 0.6) is 0 Å². The van der Waals surface area contributed by atoms with E-state index in [2.05, 4.69) is 63.3 Å². The normalized spacial score (nSPS) is 15.2. The summed E-state index contributed by atoms with van der Waals surface area (Å²) in [6.45, 7) is 9.96. The maximum absolute atomic E-state index is 5.12. The lowest BCUT2D eigenvalue weighted by molar-refractivity contribution is 0.181. The summed E-state index contributed by atoms with van der Waals surface area (Å²) < 4.78 is 5.12. The van der Waals surface area contributed by atoms with Crippen molar-refractivity contribution in [2.45, 2.75) is 58.0 Å². The molecule has 1 N–H and O–H groups in total. The van der Waals surface area contributed by atoms with Gasteiger partial charge in [-0.25, -0.2) is 0 Å². The molecule has 2 atom stereocenters. The number of hydrogen-bond acceptors (Lipinski definition) is 2. The lowest BCUT2D eigenvalue weighted by Gasteiger charge is -2.30. The Balaban J connectivity index is 2.49. The van der Waals surface area contributed by atoms with Crippen LogP contribution in [0, 0.1) is 0 Å². The minimum atomic E-state index is 0.203. The van der Waals surface area contributed by atoms with E-state index in [1.165, 1.54) is 5.56 Å². The van der Waals surface area contributed by atoms with E-state index in [1.54, 1.807) is 7.11 Å². The highest BCUT2D eigenvalue weighted by Gasteiger charge is 2.23. The fourth-order valence-corrected chi connectivity index (χ4v) is 2.70. The van der Waals surface area contributed by atoms with Gasteiger partial charge in [-0.1, -0.05) is 44.2 Å². The van der Waals surface area contributed by atoms with Crippen molar-refractivity contribution in [2.24, 2.45) is 0 Å². The minimum Gasteiger partial charge on any atom is -0.385 e. The summed E-state index contributed by atoms with van der Waals surface area (Å²) in [5.74, 6) is 0. The summed E-state index contributed by atoms with van der Waals surface area (Å²) in [6.07, 6.45) is 2.20. The van der Waals surface area contributed by atoms with E-state index in [0.717, 1.165) is 19.4 Å². The largest absolute Gasteiger partial charge is 0.385 e. The van der Waals surface area contributed by atoms with Gasteiger partial charge in [-0.15, -0.1) is 0 Å². The summed E-state index contributed by atoms with van der Waals surface area (Å²) in [4.78, 5) is 0. The smallest absolute Gasteiger partial charge is 0.0476 e. The van der Waals surface area contributed by atoms with Crippen LogP contribution in [-0.4, -0.2) is 25.8 Å². The highest BCUT2D eigenvalue weighted by atomic mass is 16.5. The standard InChI is InChI=1S/C17H29NO/c1-14(11-12-19-5)18-15(2)13-17(3,4)16-9-7-6-8-10-16/h6-10,14-15,18H,11-13H2,1-5H3. The van der Waals surface area contributed by atoms with Gasteiger partial charge in [-0.3, -0.25) is 0 Å². The van der Waals surface area contributed by atoms with Gasteiger partial charge in [0.1, 0.15) is 0 Å². The summed E-state index contributed by atoms with van der Waals surface area (Å²) in [7, 11) is 1.76. The lowest BCUT2D eigenvalue weighted by Crippen LogP contribution is -2.39. The van der Waals surface area contributed by atoms with E-state index < -0.39 is 0 Å². The van der Waals surface area contributed by atoms with Crippen molar-refractivity contribution in [3.8, 4) is 0 Å². The zero-order chi connectivity index (χ0) is 14.3. The Morgan fingerprint density at radius 3 is 2.32 bits per heavy atom. The summed E-state index contributed by atoms with van der Waals surface area (Å²) >= 11 is 0. The minimum absolute atomic E-state index is 0.203. The van der Waals surface area contributed by atoms with Crippen molar-refractivity contribution in [3.05, 3.63) is 35.9 Å². The molecule has 1 aromatic carbocycles. The second-order valence-electron chi connectivity index (χ2n) is 6.20. The van der Waals surface area contributed by atoms with Crippen LogP contribution in [0.25, 0.3) is 0 Å². The zero-order valence-corrected chi connectivity index (χ0v) is 13.1. The van der Waals surface area contributed by atoms with E-state index in [0.29, 0.717) is 12.1 Å². The Morgan fingerprint density at radius 2 is 1.74 bits per heavy atom. The van der Waals surface area contributed by atoms with Gasteiger partial charge >= 0.3 is 0 Å². The third kappa shape index (κ3) is 5.75. The number of benzene rings is 1. The van der Waals surface area contributed by atoms with Crippen molar-refractivity contribution >= 4 is 0 Å². The molecule has 0 aliphatic rings. The average Bonchev–Trinajstić information content (AvgIpc) is 2.36. The Hall–Kier alpha value is -0.860. The SMILES string of the molecule is COCCC(C)NC(C)CC(C)(C)c1ccccc1. The van der Waals surface area contributed by atoms with E-state index in [1.807, 2.05) is 0 Å². The molecule has 0 saturated heterocycles. The van der Waals surface area contributed by atoms with E-state index in [4.69, 9.17) is 4.74 Å². The van der Waals surface area contributed by atoms with Crippen molar-refractivity contribution in [2.75, 3.05) is 13.7 Å². The van der Waals surface area contributed by atoms with Gasteiger partial charge in [0.05, 0.1) is 0 Å². The van der Waals surface area contributed by atoms with Gasteiger partial charge in [-0.05, 0) is 37.7 Å². The summed E-state index contributed by atoms with van der Waals surface area (Å²) in [6, 6.07) is 11.8. The maximum atomic E-state index is 5.12. The Kier molecular flexibility index (Phi) is 6.53. The molecule has 1 rings (SSSR count). The van der Waals surface area contributed by atoms with Crippen molar-refractivity contribution < 1.29 is 4.74 Å².